The van der Waals surface area contributed by atoms with Crippen LogP contribution in [0.2, 0.25) is 0 Å². The zero-order valence-electron chi connectivity index (χ0n) is 8.45. The third kappa shape index (κ3) is 2.93. The first-order valence-corrected chi connectivity index (χ1v) is 6.13. The molecule has 0 radical (unpaired) electrons. The number of thioether (sulfide) groups is 1. The minimum Gasteiger partial charge on any atom is -0.271 e. The number of nitrogens with one attached hydrogen (secondary N) is 1. The fraction of sp³-hybridized carbons (Fsp3) is 0.455. The Morgan fingerprint density at radius 3 is 2.80 bits per heavy atom. The summed E-state index contributed by atoms with van der Waals surface area (Å²) in [5.74, 6) is 6.84. The zero-order valence-corrected chi connectivity index (χ0v) is 9.27. The molecule has 0 amide bonds. The monoisotopic (exact) mass is 226 g/mol. The van der Waals surface area contributed by atoms with Gasteiger partial charge in [0.15, 0.2) is 0 Å². The van der Waals surface area contributed by atoms with Gasteiger partial charge in [0.2, 0.25) is 0 Å². The van der Waals surface area contributed by atoms with E-state index in [9.17, 15) is 4.39 Å². The maximum atomic E-state index is 13.3. The Kier molecular flexibility index (Phi) is 3.61. The van der Waals surface area contributed by atoms with E-state index in [0.717, 1.165) is 5.75 Å². The highest BCUT2D eigenvalue weighted by atomic mass is 32.2. The Morgan fingerprint density at radius 1 is 1.47 bits per heavy atom. The largest absolute Gasteiger partial charge is 0.271 e. The second-order valence-corrected chi connectivity index (χ2v) is 4.91. The van der Waals surface area contributed by atoms with E-state index < -0.39 is 0 Å². The SMILES string of the molecule is NNC(CSc1ccccc1F)C1CC1. The van der Waals surface area contributed by atoms with Gasteiger partial charge in [0.1, 0.15) is 5.82 Å². The van der Waals surface area contributed by atoms with E-state index in [1.807, 2.05) is 6.07 Å². The van der Waals surface area contributed by atoms with Gasteiger partial charge in [0.05, 0.1) is 0 Å². The predicted octanol–water partition coefficient (Wildman–Crippen LogP) is 2.16. The van der Waals surface area contributed by atoms with E-state index in [1.165, 1.54) is 30.7 Å². The van der Waals surface area contributed by atoms with Crippen LogP contribution in [0.3, 0.4) is 0 Å². The van der Waals surface area contributed by atoms with Gasteiger partial charge < -0.3 is 0 Å². The first kappa shape index (κ1) is 10.9. The summed E-state index contributed by atoms with van der Waals surface area (Å²) < 4.78 is 13.3. The lowest BCUT2D eigenvalue weighted by Crippen LogP contribution is -2.38. The molecule has 0 heterocycles. The molecule has 1 aliphatic rings. The summed E-state index contributed by atoms with van der Waals surface area (Å²) in [6.45, 7) is 0. The van der Waals surface area contributed by atoms with E-state index in [0.29, 0.717) is 16.9 Å². The normalized spacial score (nSPS) is 17.7. The van der Waals surface area contributed by atoms with E-state index in [1.54, 1.807) is 12.1 Å². The van der Waals surface area contributed by atoms with Crippen molar-refractivity contribution in [3.63, 3.8) is 0 Å². The Morgan fingerprint density at radius 2 is 2.20 bits per heavy atom. The van der Waals surface area contributed by atoms with Crippen molar-refractivity contribution in [2.45, 2.75) is 23.8 Å². The number of benzene rings is 1. The molecule has 0 aromatic heterocycles. The predicted molar refractivity (Wildman–Crippen MR) is 61.0 cm³/mol. The Balaban J connectivity index is 1.89. The minimum atomic E-state index is -0.144. The number of nitrogens with two attached hydrogens (primary N) is 1. The molecule has 1 atom stereocenters. The van der Waals surface area contributed by atoms with Crippen LogP contribution in [-0.2, 0) is 0 Å². The molecule has 0 aliphatic heterocycles. The van der Waals surface area contributed by atoms with Crippen molar-refractivity contribution in [2.75, 3.05) is 5.75 Å². The lowest BCUT2D eigenvalue weighted by molar-refractivity contribution is 0.520. The lowest BCUT2D eigenvalue weighted by atomic mass is 10.2. The fourth-order valence-corrected chi connectivity index (χ4v) is 2.67. The Labute approximate surface area is 93.4 Å². The highest BCUT2D eigenvalue weighted by Crippen LogP contribution is 2.35. The summed E-state index contributed by atoms with van der Waals surface area (Å²) >= 11 is 1.53. The molecule has 82 valence electrons. The van der Waals surface area contributed by atoms with Crippen LogP contribution in [-0.4, -0.2) is 11.8 Å². The van der Waals surface area contributed by atoms with Gasteiger partial charge in [-0.15, -0.1) is 11.8 Å². The fourth-order valence-electron chi connectivity index (χ4n) is 1.56. The second-order valence-electron chi connectivity index (χ2n) is 3.85. The average Bonchev–Trinajstić information content (AvgIpc) is 3.06. The molecule has 1 aromatic rings. The summed E-state index contributed by atoms with van der Waals surface area (Å²) in [6.07, 6.45) is 2.49. The van der Waals surface area contributed by atoms with Crippen LogP contribution in [0.1, 0.15) is 12.8 Å². The molecule has 1 aromatic carbocycles. The van der Waals surface area contributed by atoms with Gasteiger partial charge in [-0.05, 0) is 30.9 Å². The van der Waals surface area contributed by atoms with Gasteiger partial charge >= 0.3 is 0 Å². The van der Waals surface area contributed by atoms with Crippen LogP contribution in [0.4, 0.5) is 4.39 Å². The van der Waals surface area contributed by atoms with Crippen LogP contribution in [0.15, 0.2) is 29.2 Å². The molecule has 0 bridgehead atoms. The standard InChI is InChI=1S/C11H15FN2S/c12-9-3-1-2-4-11(9)15-7-10(14-13)8-5-6-8/h1-4,8,10,14H,5-7,13H2. The van der Waals surface area contributed by atoms with Gasteiger partial charge in [0, 0.05) is 16.7 Å². The summed E-state index contributed by atoms with van der Waals surface area (Å²) in [5, 5.41) is 0. The van der Waals surface area contributed by atoms with Crippen LogP contribution >= 0.6 is 11.8 Å². The van der Waals surface area contributed by atoms with Crippen molar-refractivity contribution in [1.29, 1.82) is 0 Å². The minimum absolute atomic E-state index is 0.144. The number of hydrogen-bond donors (Lipinski definition) is 2. The maximum absolute atomic E-state index is 13.3. The molecule has 1 unspecified atom stereocenters. The molecule has 1 aliphatic carbocycles. The van der Waals surface area contributed by atoms with Gasteiger partial charge in [-0.1, -0.05) is 12.1 Å². The van der Waals surface area contributed by atoms with Gasteiger partial charge in [-0.2, -0.15) is 0 Å². The van der Waals surface area contributed by atoms with E-state index >= 15 is 0 Å². The maximum Gasteiger partial charge on any atom is 0.136 e. The first-order valence-electron chi connectivity index (χ1n) is 5.14. The molecular weight excluding hydrogens is 211 g/mol. The Hall–Kier alpha value is -0.580. The van der Waals surface area contributed by atoms with Crippen molar-refractivity contribution in [1.82, 2.24) is 5.43 Å². The first-order chi connectivity index (χ1) is 7.31. The van der Waals surface area contributed by atoms with Gasteiger partial charge in [-0.25, -0.2) is 4.39 Å². The number of halogens is 1. The average molecular weight is 226 g/mol. The molecular formula is C11H15FN2S. The third-order valence-corrected chi connectivity index (χ3v) is 3.83. The van der Waals surface area contributed by atoms with Crippen molar-refractivity contribution < 1.29 is 4.39 Å². The zero-order chi connectivity index (χ0) is 10.7. The van der Waals surface area contributed by atoms with Crippen molar-refractivity contribution >= 4 is 11.8 Å². The van der Waals surface area contributed by atoms with Crippen LogP contribution < -0.4 is 11.3 Å². The van der Waals surface area contributed by atoms with Crippen molar-refractivity contribution in [3.8, 4) is 0 Å². The van der Waals surface area contributed by atoms with Crippen LogP contribution in [0.5, 0.6) is 0 Å². The number of hydrogen-bond acceptors (Lipinski definition) is 3. The molecule has 1 fully saturated rings. The van der Waals surface area contributed by atoms with E-state index in [2.05, 4.69) is 5.43 Å². The van der Waals surface area contributed by atoms with Crippen molar-refractivity contribution in [2.24, 2.45) is 11.8 Å². The van der Waals surface area contributed by atoms with Crippen LogP contribution in [0.25, 0.3) is 0 Å². The topological polar surface area (TPSA) is 38.0 Å². The van der Waals surface area contributed by atoms with Crippen molar-refractivity contribution in [3.05, 3.63) is 30.1 Å². The summed E-state index contributed by atoms with van der Waals surface area (Å²) in [4.78, 5) is 0.707. The summed E-state index contributed by atoms with van der Waals surface area (Å²) in [6, 6.07) is 7.17. The van der Waals surface area contributed by atoms with Gasteiger partial charge in [0.25, 0.3) is 0 Å². The highest BCUT2D eigenvalue weighted by Gasteiger charge is 2.30. The molecule has 2 nitrogen and oxygen atoms in total. The number of rotatable bonds is 5. The summed E-state index contributed by atoms with van der Waals surface area (Å²) in [7, 11) is 0. The molecule has 3 N–H and O–H groups in total. The smallest absolute Gasteiger partial charge is 0.136 e. The molecule has 15 heavy (non-hydrogen) atoms. The third-order valence-electron chi connectivity index (χ3n) is 2.66. The quantitative estimate of drug-likeness (QED) is 0.459. The molecule has 0 saturated heterocycles. The molecule has 4 heteroatoms. The van der Waals surface area contributed by atoms with Gasteiger partial charge in [-0.3, -0.25) is 11.3 Å². The summed E-state index contributed by atoms with van der Waals surface area (Å²) in [5.41, 5.74) is 2.81. The van der Waals surface area contributed by atoms with E-state index in [4.69, 9.17) is 5.84 Å². The highest BCUT2D eigenvalue weighted by molar-refractivity contribution is 7.99. The molecule has 0 spiro atoms. The Bertz CT molecular complexity index is 328. The number of hydrazine groups is 1. The molecule has 1 saturated carbocycles. The lowest BCUT2D eigenvalue weighted by Gasteiger charge is -2.14. The molecule has 2 rings (SSSR count). The second kappa shape index (κ2) is 4.96. The van der Waals surface area contributed by atoms with Crippen LogP contribution in [0, 0.1) is 11.7 Å². The van der Waals surface area contributed by atoms with E-state index in [-0.39, 0.29) is 5.82 Å².